The summed E-state index contributed by atoms with van der Waals surface area (Å²) >= 11 is 0. The van der Waals surface area contributed by atoms with Crippen molar-refractivity contribution in [1.82, 2.24) is 0 Å². The number of Topliss-reactive ketones (excluding diaryl/α,β-unsaturated/α-hetero) is 1. The van der Waals surface area contributed by atoms with Crippen molar-refractivity contribution in [3.63, 3.8) is 0 Å². The second-order valence-electron chi connectivity index (χ2n) is 2.25. The van der Waals surface area contributed by atoms with Gasteiger partial charge < -0.3 is 10.0 Å². The van der Waals surface area contributed by atoms with Gasteiger partial charge in [-0.3, -0.25) is 4.79 Å². The third kappa shape index (κ3) is 5.26. The Morgan fingerprint density at radius 2 is 2.27 bits per heavy atom. The lowest BCUT2D eigenvalue weighted by molar-refractivity contribution is -0.116. The van der Waals surface area contributed by atoms with Gasteiger partial charge in [0, 0.05) is 12.8 Å². The van der Waals surface area contributed by atoms with Crippen molar-refractivity contribution < 1.29 is 14.8 Å². The lowest BCUT2D eigenvalue weighted by Gasteiger charge is -1.96. The molecular formula is C7H11NO3. The molecule has 0 amide bonds. The summed E-state index contributed by atoms with van der Waals surface area (Å²) in [6.45, 7) is 1.41. The van der Waals surface area contributed by atoms with Gasteiger partial charge in [0.15, 0.2) is 0 Å². The minimum absolute atomic E-state index is 0.0660. The molecule has 0 fully saturated rings. The van der Waals surface area contributed by atoms with Crippen molar-refractivity contribution >= 4 is 17.8 Å². The molecule has 0 spiro atoms. The maximum atomic E-state index is 10.5. The Hall–Kier alpha value is -1.19. The van der Waals surface area contributed by atoms with E-state index in [0.29, 0.717) is 18.6 Å². The predicted octanol–water partition coefficient (Wildman–Crippen LogP) is 0.775. The number of hydrogen-bond acceptors (Lipinski definition) is 4. The van der Waals surface area contributed by atoms with Crippen LogP contribution in [-0.4, -0.2) is 23.0 Å². The monoisotopic (exact) mass is 157 g/mol. The molecule has 0 heterocycles. The smallest absolute Gasteiger partial charge is 0.135 e. The Morgan fingerprint density at radius 3 is 2.64 bits per heavy atom. The zero-order chi connectivity index (χ0) is 8.69. The number of hydrogen-bond donors (Lipinski definition) is 1. The quantitative estimate of drug-likeness (QED) is 0.277. The average molecular weight is 157 g/mol. The number of carbonyl (C=O) groups is 2. The summed E-state index contributed by atoms with van der Waals surface area (Å²) in [6.07, 6.45) is 1.52. The highest BCUT2D eigenvalue weighted by molar-refractivity contribution is 6.01. The second kappa shape index (κ2) is 5.58. The van der Waals surface area contributed by atoms with Crippen LogP contribution < -0.4 is 0 Å². The highest BCUT2D eigenvalue weighted by atomic mass is 16.4. The van der Waals surface area contributed by atoms with Gasteiger partial charge in [-0.1, -0.05) is 5.16 Å². The topological polar surface area (TPSA) is 66.7 Å². The van der Waals surface area contributed by atoms with E-state index in [1.54, 1.807) is 0 Å². The van der Waals surface area contributed by atoms with Crippen molar-refractivity contribution in [2.24, 2.45) is 5.16 Å². The molecule has 0 unspecified atom stereocenters. The van der Waals surface area contributed by atoms with E-state index in [0.717, 1.165) is 6.29 Å². The van der Waals surface area contributed by atoms with Crippen LogP contribution in [0.4, 0.5) is 0 Å². The minimum atomic E-state index is -0.0660. The van der Waals surface area contributed by atoms with Gasteiger partial charge in [0.2, 0.25) is 0 Å². The van der Waals surface area contributed by atoms with Crippen LogP contribution >= 0.6 is 0 Å². The van der Waals surface area contributed by atoms with Gasteiger partial charge >= 0.3 is 0 Å². The SMILES string of the molecule is CC(=O)CC(CCC=O)=NO. The first-order valence-electron chi connectivity index (χ1n) is 3.33. The van der Waals surface area contributed by atoms with Crippen molar-refractivity contribution in [3.8, 4) is 0 Å². The molecule has 0 aliphatic heterocycles. The van der Waals surface area contributed by atoms with Crippen molar-refractivity contribution in [1.29, 1.82) is 0 Å². The number of aldehydes is 1. The van der Waals surface area contributed by atoms with Gasteiger partial charge in [-0.2, -0.15) is 0 Å². The summed E-state index contributed by atoms with van der Waals surface area (Å²) in [7, 11) is 0. The molecule has 4 heteroatoms. The summed E-state index contributed by atoms with van der Waals surface area (Å²) in [5.74, 6) is -0.0660. The van der Waals surface area contributed by atoms with E-state index in [1.807, 2.05) is 0 Å². The highest BCUT2D eigenvalue weighted by Gasteiger charge is 2.02. The van der Waals surface area contributed by atoms with Gasteiger partial charge in [-0.05, 0) is 13.3 Å². The maximum absolute atomic E-state index is 10.5. The molecule has 0 atom stereocenters. The molecule has 0 saturated heterocycles. The Kier molecular flexibility index (Phi) is 4.98. The molecule has 0 aromatic heterocycles. The van der Waals surface area contributed by atoms with Crippen molar-refractivity contribution in [2.45, 2.75) is 26.2 Å². The molecule has 0 aliphatic rings. The van der Waals surface area contributed by atoms with Crippen LogP contribution in [0.1, 0.15) is 26.2 Å². The van der Waals surface area contributed by atoms with Gasteiger partial charge in [-0.15, -0.1) is 0 Å². The van der Waals surface area contributed by atoms with Gasteiger partial charge in [0.25, 0.3) is 0 Å². The minimum Gasteiger partial charge on any atom is -0.411 e. The third-order valence-electron chi connectivity index (χ3n) is 1.15. The number of oxime groups is 1. The van der Waals surface area contributed by atoms with Crippen LogP contribution in [0.25, 0.3) is 0 Å². The molecule has 0 aliphatic carbocycles. The van der Waals surface area contributed by atoms with Crippen molar-refractivity contribution in [3.05, 3.63) is 0 Å². The number of nitrogens with zero attached hydrogens (tertiary/aromatic N) is 1. The molecule has 0 aromatic carbocycles. The summed E-state index contributed by atoms with van der Waals surface area (Å²) < 4.78 is 0. The molecule has 0 radical (unpaired) electrons. The fourth-order valence-corrected chi connectivity index (χ4v) is 0.687. The van der Waals surface area contributed by atoms with Crippen LogP contribution in [0, 0.1) is 0 Å². The lowest BCUT2D eigenvalue weighted by atomic mass is 10.1. The predicted molar refractivity (Wildman–Crippen MR) is 39.8 cm³/mol. The molecule has 0 aromatic rings. The van der Waals surface area contributed by atoms with E-state index in [9.17, 15) is 9.59 Å². The fraction of sp³-hybridized carbons (Fsp3) is 0.571. The fourth-order valence-electron chi connectivity index (χ4n) is 0.687. The Balaban J connectivity index is 3.77. The van der Waals surface area contributed by atoms with E-state index in [-0.39, 0.29) is 12.2 Å². The standard InChI is InChI=1S/C7H11NO3/c1-6(10)5-7(8-11)3-2-4-9/h4,11H,2-3,5H2,1H3. The third-order valence-corrected chi connectivity index (χ3v) is 1.15. The Bertz CT molecular complexity index is 175. The molecule has 62 valence electrons. The summed E-state index contributed by atoms with van der Waals surface area (Å²) in [4.78, 5) is 20.4. The highest BCUT2D eigenvalue weighted by Crippen LogP contribution is 1.96. The Labute approximate surface area is 64.9 Å². The van der Waals surface area contributed by atoms with Crippen LogP contribution in [0.2, 0.25) is 0 Å². The van der Waals surface area contributed by atoms with E-state index in [2.05, 4.69) is 5.16 Å². The number of rotatable bonds is 5. The normalized spacial score (nSPS) is 11.2. The van der Waals surface area contributed by atoms with E-state index in [1.165, 1.54) is 6.92 Å². The zero-order valence-corrected chi connectivity index (χ0v) is 6.41. The molecule has 4 nitrogen and oxygen atoms in total. The van der Waals surface area contributed by atoms with E-state index < -0.39 is 0 Å². The maximum Gasteiger partial charge on any atom is 0.135 e. The number of carbonyl (C=O) groups excluding carboxylic acids is 2. The van der Waals surface area contributed by atoms with Crippen LogP contribution in [0.5, 0.6) is 0 Å². The van der Waals surface area contributed by atoms with Crippen molar-refractivity contribution in [2.75, 3.05) is 0 Å². The van der Waals surface area contributed by atoms with Crippen LogP contribution in [0.15, 0.2) is 5.16 Å². The van der Waals surface area contributed by atoms with E-state index >= 15 is 0 Å². The Morgan fingerprint density at radius 1 is 1.64 bits per heavy atom. The van der Waals surface area contributed by atoms with Gasteiger partial charge in [-0.25, -0.2) is 0 Å². The molecule has 1 N–H and O–H groups in total. The molecule has 0 bridgehead atoms. The molecule has 0 saturated carbocycles. The second-order valence-corrected chi connectivity index (χ2v) is 2.25. The zero-order valence-electron chi connectivity index (χ0n) is 6.41. The largest absolute Gasteiger partial charge is 0.411 e. The summed E-state index contributed by atoms with van der Waals surface area (Å²) in [5.41, 5.74) is 0.365. The first-order valence-corrected chi connectivity index (χ1v) is 3.33. The van der Waals surface area contributed by atoms with E-state index in [4.69, 9.17) is 5.21 Å². The number of ketones is 1. The molecule has 11 heavy (non-hydrogen) atoms. The first kappa shape index (κ1) is 9.81. The lowest BCUT2D eigenvalue weighted by Crippen LogP contribution is -2.04. The first-order chi connectivity index (χ1) is 5.20. The molecular weight excluding hydrogens is 146 g/mol. The van der Waals surface area contributed by atoms with Crippen LogP contribution in [0.3, 0.4) is 0 Å². The summed E-state index contributed by atoms with van der Waals surface area (Å²) in [6, 6.07) is 0. The van der Waals surface area contributed by atoms with Gasteiger partial charge in [0.1, 0.15) is 12.1 Å². The van der Waals surface area contributed by atoms with Crippen LogP contribution in [-0.2, 0) is 9.59 Å². The molecule has 0 rings (SSSR count). The average Bonchev–Trinajstić information content (AvgIpc) is 1.97. The summed E-state index contributed by atoms with van der Waals surface area (Å²) in [5, 5.41) is 11.2. The van der Waals surface area contributed by atoms with Gasteiger partial charge in [0.05, 0.1) is 5.71 Å².